The highest BCUT2D eigenvalue weighted by Gasteiger charge is 2.51. The second kappa shape index (κ2) is 14.8. The van der Waals surface area contributed by atoms with Crippen LogP contribution in [-0.4, -0.2) is 78.9 Å². The van der Waals surface area contributed by atoms with Crippen LogP contribution in [0.1, 0.15) is 53.2 Å². The maximum absolute atomic E-state index is 14.1. The number of benzene rings is 2. The highest BCUT2D eigenvalue weighted by molar-refractivity contribution is 6.99. The van der Waals surface area contributed by atoms with E-state index in [0.717, 1.165) is 6.20 Å². The Bertz CT molecular complexity index is 1820. The molecule has 0 aliphatic carbocycles. The summed E-state index contributed by atoms with van der Waals surface area (Å²) in [7, 11) is -2.82. The van der Waals surface area contributed by atoms with E-state index in [9.17, 15) is 18.0 Å². The number of anilines is 3. The van der Waals surface area contributed by atoms with Gasteiger partial charge in [0.1, 0.15) is 11.9 Å². The molecule has 3 unspecified atom stereocenters. The maximum Gasteiger partial charge on any atom is 0.434 e. The summed E-state index contributed by atoms with van der Waals surface area (Å²) in [5, 5.41) is 2.13. The molecule has 3 atom stereocenters. The average Bonchev–Trinajstić information content (AvgIpc) is 3.41. The van der Waals surface area contributed by atoms with Crippen LogP contribution in [0.15, 0.2) is 72.9 Å². The first kappa shape index (κ1) is 37.2. The van der Waals surface area contributed by atoms with E-state index in [1.54, 1.807) is 4.90 Å². The van der Waals surface area contributed by atoms with Crippen LogP contribution in [0.2, 0.25) is 5.04 Å². The molecular formula is C37H44F3N7O4Si. The topological polar surface area (TPSA) is 129 Å². The van der Waals surface area contributed by atoms with Gasteiger partial charge in [-0.3, -0.25) is 4.90 Å². The van der Waals surface area contributed by atoms with Crippen molar-refractivity contribution in [3.63, 3.8) is 0 Å². The number of amides is 1. The Kier molecular flexibility index (Phi) is 10.6. The molecule has 4 aromatic rings. The molecule has 4 heterocycles. The Hall–Kier alpha value is -4.60. The number of hydrogen-bond donors (Lipinski definition) is 1. The summed E-state index contributed by atoms with van der Waals surface area (Å²) in [5.41, 5.74) is 3.82. The number of nitrogens with two attached hydrogens (primary N) is 1. The molecule has 15 heteroatoms. The van der Waals surface area contributed by atoms with E-state index in [1.807, 2.05) is 43.3 Å². The first-order valence-electron chi connectivity index (χ1n) is 17.4. The Morgan fingerprint density at radius 2 is 1.60 bits per heavy atom. The average molecular weight is 736 g/mol. The van der Waals surface area contributed by atoms with E-state index < -0.39 is 44.4 Å². The second-order valence-electron chi connectivity index (χ2n) is 14.2. The van der Waals surface area contributed by atoms with Crippen molar-refractivity contribution in [1.82, 2.24) is 19.9 Å². The summed E-state index contributed by atoms with van der Waals surface area (Å²) in [6, 6.07) is 21.6. The summed E-state index contributed by atoms with van der Waals surface area (Å²) in [4.78, 5) is 33.2. The van der Waals surface area contributed by atoms with Crippen LogP contribution in [0.5, 0.6) is 0 Å². The largest absolute Gasteiger partial charge is 0.444 e. The van der Waals surface area contributed by atoms with Gasteiger partial charge in [-0.25, -0.2) is 19.7 Å². The van der Waals surface area contributed by atoms with Crippen molar-refractivity contribution in [2.75, 3.05) is 41.8 Å². The summed E-state index contributed by atoms with van der Waals surface area (Å²) in [5.74, 6) is -0.268. The van der Waals surface area contributed by atoms with Gasteiger partial charge in [0.15, 0.2) is 5.69 Å². The van der Waals surface area contributed by atoms with Crippen molar-refractivity contribution in [2.45, 2.75) is 76.9 Å². The van der Waals surface area contributed by atoms with Gasteiger partial charge in [-0.1, -0.05) is 81.4 Å². The number of carbonyl (C=O) groups is 1. The number of aromatic nitrogens is 4. The summed E-state index contributed by atoms with van der Waals surface area (Å²) < 4.78 is 61.1. The number of ether oxygens (including phenoxy) is 2. The van der Waals surface area contributed by atoms with Crippen molar-refractivity contribution in [3.8, 4) is 11.3 Å². The fourth-order valence-electron chi connectivity index (χ4n) is 7.06. The number of nitrogens with zero attached hydrogens (tertiary/aromatic N) is 6. The Morgan fingerprint density at radius 3 is 2.17 bits per heavy atom. The van der Waals surface area contributed by atoms with Gasteiger partial charge in [-0.15, -0.1) is 0 Å². The number of cyclic esters (lactones) is 1. The van der Waals surface area contributed by atoms with Crippen LogP contribution in [0.25, 0.3) is 11.3 Å². The molecule has 2 fully saturated rings. The molecule has 2 N–H and O–H groups in total. The van der Waals surface area contributed by atoms with Crippen molar-refractivity contribution < 1.29 is 31.9 Å². The minimum Gasteiger partial charge on any atom is -0.444 e. The molecule has 2 saturated heterocycles. The molecule has 11 nitrogen and oxygen atoms in total. The minimum absolute atomic E-state index is 0.102. The lowest BCUT2D eigenvalue weighted by Crippen LogP contribution is -2.67. The molecule has 2 aliphatic rings. The number of morpholine rings is 1. The second-order valence-corrected chi connectivity index (χ2v) is 18.5. The van der Waals surface area contributed by atoms with E-state index in [4.69, 9.17) is 19.6 Å². The SMILES string of the molecule is CC(CCC1OC(=O)N(c2cc(-c3cnc(N)nc3C(F)(F)F)nc(N3CCOCC3)n2)C1C)O[Si](c1ccccc1)(c1ccccc1)C(C)(C)C. The fraction of sp³-hybridized carbons (Fsp3) is 0.432. The zero-order chi connectivity index (χ0) is 37.3. The number of alkyl halides is 3. The molecule has 52 heavy (non-hydrogen) atoms. The van der Waals surface area contributed by atoms with Gasteiger partial charge in [-0.05, 0) is 42.1 Å². The van der Waals surface area contributed by atoms with E-state index in [-0.39, 0.29) is 34.2 Å². The standard InChI is InChI=1S/C37H44F3N7O4Si/c1-24(51-52(36(3,4)5,26-12-8-6-9-13-26)27-14-10-7-11-15-27)16-17-30-25(2)47(35(48)50-30)31-22-29(43-34(44-31)46-18-20-49-21-19-46)28-23-42-33(41)45-32(28)37(38,39)40/h6-15,22-25,30H,16-21H2,1-5H3,(H2,41,42,45). The quantitative estimate of drug-likeness (QED) is 0.199. The molecule has 1 amide bonds. The molecule has 2 aromatic carbocycles. The smallest absolute Gasteiger partial charge is 0.434 e. The molecule has 0 spiro atoms. The van der Waals surface area contributed by atoms with Gasteiger partial charge >= 0.3 is 12.3 Å². The molecule has 276 valence electrons. The van der Waals surface area contributed by atoms with Crippen molar-refractivity contribution in [2.24, 2.45) is 0 Å². The zero-order valence-corrected chi connectivity index (χ0v) is 30.9. The van der Waals surface area contributed by atoms with E-state index in [2.05, 4.69) is 71.9 Å². The Balaban J connectivity index is 1.28. The highest BCUT2D eigenvalue weighted by atomic mass is 28.4. The molecule has 0 saturated carbocycles. The zero-order valence-electron chi connectivity index (χ0n) is 29.9. The molecule has 0 bridgehead atoms. The summed E-state index contributed by atoms with van der Waals surface area (Å²) >= 11 is 0. The van der Waals surface area contributed by atoms with Crippen LogP contribution in [-0.2, 0) is 20.1 Å². The van der Waals surface area contributed by atoms with Crippen LogP contribution in [0, 0.1) is 0 Å². The predicted molar refractivity (Wildman–Crippen MR) is 195 cm³/mol. The number of carbonyl (C=O) groups excluding carboxylic acids is 1. The number of rotatable bonds is 10. The monoisotopic (exact) mass is 735 g/mol. The third-order valence-electron chi connectivity index (χ3n) is 9.64. The fourth-order valence-corrected chi connectivity index (χ4v) is 11.8. The van der Waals surface area contributed by atoms with Crippen LogP contribution >= 0.6 is 0 Å². The molecule has 6 rings (SSSR count). The van der Waals surface area contributed by atoms with E-state index in [0.29, 0.717) is 39.1 Å². The third-order valence-corrected chi connectivity index (χ3v) is 14.8. The molecule has 2 aromatic heterocycles. The summed E-state index contributed by atoms with van der Waals surface area (Å²) in [6.07, 6.45) is -4.16. The van der Waals surface area contributed by atoms with Gasteiger partial charge in [0.05, 0.1) is 24.9 Å². The van der Waals surface area contributed by atoms with Gasteiger partial charge in [0.2, 0.25) is 11.9 Å². The number of halogens is 3. The van der Waals surface area contributed by atoms with Crippen molar-refractivity contribution in [3.05, 3.63) is 78.6 Å². The maximum atomic E-state index is 14.1. The lowest BCUT2D eigenvalue weighted by atomic mass is 10.0. The van der Waals surface area contributed by atoms with E-state index >= 15 is 0 Å². The van der Waals surface area contributed by atoms with Gasteiger partial charge in [0.25, 0.3) is 8.32 Å². The van der Waals surface area contributed by atoms with Crippen molar-refractivity contribution in [1.29, 1.82) is 0 Å². The van der Waals surface area contributed by atoms with E-state index in [1.165, 1.54) is 21.3 Å². The van der Waals surface area contributed by atoms with Gasteiger partial charge < -0.3 is 24.5 Å². The van der Waals surface area contributed by atoms with Crippen LogP contribution in [0.4, 0.5) is 35.7 Å². The number of hydrogen-bond acceptors (Lipinski definition) is 10. The summed E-state index contributed by atoms with van der Waals surface area (Å²) in [6.45, 7) is 12.2. The normalized spacial score (nSPS) is 19.1. The first-order chi connectivity index (χ1) is 24.7. The Morgan fingerprint density at radius 1 is 0.981 bits per heavy atom. The van der Waals surface area contributed by atoms with Gasteiger partial charge in [-0.2, -0.15) is 18.2 Å². The first-order valence-corrected chi connectivity index (χ1v) is 19.3. The van der Waals surface area contributed by atoms with Crippen LogP contribution < -0.4 is 25.9 Å². The Labute approximate surface area is 302 Å². The minimum atomic E-state index is -4.84. The lowest BCUT2D eigenvalue weighted by Gasteiger charge is -2.44. The molecule has 2 aliphatic heterocycles. The number of nitrogen functional groups attached to an aromatic ring is 1. The molecule has 0 radical (unpaired) electrons. The van der Waals surface area contributed by atoms with Crippen molar-refractivity contribution >= 4 is 42.5 Å². The van der Waals surface area contributed by atoms with Crippen LogP contribution in [0.3, 0.4) is 0 Å². The third kappa shape index (κ3) is 7.48. The highest BCUT2D eigenvalue weighted by Crippen LogP contribution is 2.40. The van der Waals surface area contributed by atoms with Gasteiger partial charge in [0, 0.05) is 37.0 Å². The molecular weight excluding hydrogens is 692 g/mol. The lowest BCUT2D eigenvalue weighted by molar-refractivity contribution is -0.140. The predicted octanol–water partition coefficient (Wildman–Crippen LogP) is 5.83.